The molecule has 2 rings (SSSR count). The zero-order chi connectivity index (χ0) is 17.0. The third-order valence-corrected chi connectivity index (χ3v) is 3.45. The average molecular weight is 336 g/mol. The lowest BCUT2D eigenvalue weighted by Gasteiger charge is -2.18. The summed E-state index contributed by atoms with van der Waals surface area (Å²) in [6.07, 6.45) is -0.557. The normalized spacial score (nSPS) is 11.8. The topological polar surface area (TPSA) is 87.3 Å². The molecule has 23 heavy (non-hydrogen) atoms. The van der Waals surface area contributed by atoms with Crippen molar-refractivity contribution in [2.24, 2.45) is 0 Å². The first-order valence-electron chi connectivity index (χ1n) is 7.16. The SMILES string of the molecule is CCOC(=O)c1c(C)nc(N)nc1C(C)Oc1ccccc1Cl. The van der Waals surface area contributed by atoms with Gasteiger partial charge in [0.15, 0.2) is 0 Å². The van der Waals surface area contributed by atoms with E-state index in [-0.39, 0.29) is 18.1 Å². The minimum Gasteiger partial charge on any atom is -0.483 e. The third-order valence-electron chi connectivity index (χ3n) is 3.14. The van der Waals surface area contributed by atoms with Crippen molar-refractivity contribution in [3.63, 3.8) is 0 Å². The Kier molecular flexibility index (Phi) is 5.39. The molecule has 0 spiro atoms. The van der Waals surface area contributed by atoms with Crippen molar-refractivity contribution in [2.45, 2.75) is 26.9 Å². The Morgan fingerprint density at radius 2 is 2.04 bits per heavy atom. The van der Waals surface area contributed by atoms with E-state index in [2.05, 4.69) is 9.97 Å². The number of carbonyl (C=O) groups excluding carboxylic acids is 1. The predicted molar refractivity (Wildman–Crippen MR) is 87.6 cm³/mol. The Morgan fingerprint density at radius 3 is 2.70 bits per heavy atom. The van der Waals surface area contributed by atoms with Crippen LogP contribution in [0.5, 0.6) is 5.75 Å². The number of carbonyl (C=O) groups is 1. The Morgan fingerprint density at radius 1 is 1.35 bits per heavy atom. The first kappa shape index (κ1) is 17.0. The fourth-order valence-electron chi connectivity index (χ4n) is 2.15. The number of ether oxygens (including phenoxy) is 2. The molecule has 1 heterocycles. The highest BCUT2D eigenvalue weighted by Crippen LogP contribution is 2.30. The summed E-state index contributed by atoms with van der Waals surface area (Å²) >= 11 is 6.10. The molecule has 0 aliphatic rings. The van der Waals surface area contributed by atoms with Crippen LogP contribution in [-0.4, -0.2) is 22.5 Å². The van der Waals surface area contributed by atoms with Crippen LogP contribution in [0.4, 0.5) is 5.95 Å². The molecule has 2 N–H and O–H groups in total. The van der Waals surface area contributed by atoms with Crippen molar-refractivity contribution >= 4 is 23.5 Å². The number of benzene rings is 1. The van der Waals surface area contributed by atoms with Gasteiger partial charge >= 0.3 is 5.97 Å². The monoisotopic (exact) mass is 335 g/mol. The van der Waals surface area contributed by atoms with Crippen LogP contribution in [-0.2, 0) is 4.74 Å². The second-order valence-corrected chi connectivity index (χ2v) is 5.25. The van der Waals surface area contributed by atoms with Crippen molar-refractivity contribution in [3.05, 3.63) is 46.2 Å². The van der Waals surface area contributed by atoms with Crippen LogP contribution in [0.2, 0.25) is 5.02 Å². The molecule has 1 aromatic carbocycles. The Labute approximate surface area is 139 Å². The summed E-state index contributed by atoms with van der Waals surface area (Å²) in [5.74, 6) is 0.0566. The number of esters is 1. The molecule has 0 radical (unpaired) electrons. The average Bonchev–Trinajstić information content (AvgIpc) is 2.48. The summed E-state index contributed by atoms with van der Waals surface area (Å²) < 4.78 is 10.9. The molecular formula is C16H18ClN3O3. The largest absolute Gasteiger partial charge is 0.483 e. The van der Waals surface area contributed by atoms with Crippen LogP contribution >= 0.6 is 11.6 Å². The molecule has 6 nitrogen and oxygen atoms in total. The van der Waals surface area contributed by atoms with Crippen molar-refractivity contribution in [1.82, 2.24) is 9.97 Å². The van der Waals surface area contributed by atoms with Gasteiger partial charge < -0.3 is 15.2 Å². The highest BCUT2D eigenvalue weighted by atomic mass is 35.5. The second-order valence-electron chi connectivity index (χ2n) is 4.84. The smallest absolute Gasteiger partial charge is 0.342 e. The number of nitrogens with two attached hydrogens (primary N) is 1. The van der Waals surface area contributed by atoms with Gasteiger partial charge in [0, 0.05) is 0 Å². The lowest BCUT2D eigenvalue weighted by atomic mass is 10.1. The molecule has 0 saturated heterocycles. The van der Waals surface area contributed by atoms with Gasteiger partial charge in [0.2, 0.25) is 5.95 Å². The van der Waals surface area contributed by atoms with E-state index in [0.717, 1.165) is 0 Å². The predicted octanol–water partition coefficient (Wildman–Crippen LogP) is 3.34. The molecule has 0 aliphatic carbocycles. The molecule has 1 atom stereocenters. The van der Waals surface area contributed by atoms with E-state index in [1.54, 1.807) is 45.0 Å². The molecular weight excluding hydrogens is 318 g/mol. The van der Waals surface area contributed by atoms with Gasteiger partial charge in [0.25, 0.3) is 0 Å². The van der Waals surface area contributed by atoms with Crippen molar-refractivity contribution < 1.29 is 14.3 Å². The lowest BCUT2D eigenvalue weighted by Crippen LogP contribution is -2.18. The maximum Gasteiger partial charge on any atom is 0.342 e. The van der Waals surface area contributed by atoms with Crippen LogP contribution in [0, 0.1) is 6.92 Å². The standard InChI is InChI=1S/C16H18ClN3O3/c1-4-22-15(21)13-9(2)19-16(18)20-14(13)10(3)23-12-8-6-5-7-11(12)17/h5-8,10H,4H2,1-3H3,(H2,18,19,20). The maximum absolute atomic E-state index is 12.2. The van der Waals surface area contributed by atoms with E-state index in [1.807, 2.05) is 0 Å². The number of anilines is 1. The van der Waals surface area contributed by atoms with Gasteiger partial charge in [-0.15, -0.1) is 0 Å². The van der Waals surface area contributed by atoms with Crippen molar-refractivity contribution in [1.29, 1.82) is 0 Å². The third kappa shape index (κ3) is 3.90. The van der Waals surface area contributed by atoms with Crippen LogP contribution < -0.4 is 10.5 Å². The lowest BCUT2D eigenvalue weighted by molar-refractivity contribution is 0.0518. The van der Waals surface area contributed by atoms with E-state index in [4.69, 9.17) is 26.8 Å². The van der Waals surface area contributed by atoms with Gasteiger partial charge in [-0.05, 0) is 32.9 Å². The van der Waals surface area contributed by atoms with Gasteiger partial charge in [0.05, 0.1) is 17.3 Å². The Bertz CT molecular complexity index is 722. The van der Waals surface area contributed by atoms with Gasteiger partial charge in [-0.1, -0.05) is 23.7 Å². The molecule has 0 saturated carbocycles. The number of nitrogens with zero attached hydrogens (tertiary/aromatic N) is 2. The van der Waals surface area contributed by atoms with Gasteiger partial charge in [-0.3, -0.25) is 0 Å². The van der Waals surface area contributed by atoms with Gasteiger partial charge in [0.1, 0.15) is 23.1 Å². The number of hydrogen-bond acceptors (Lipinski definition) is 6. The van der Waals surface area contributed by atoms with E-state index < -0.39 is 12.1 Å². The van der Waals surface area contributed by atoms with E-state index in [9.17, 15) is 4.79 Å². The Hall–Kier alpha value is -2.34. The number of hydrogen-bond donors (Lipinski definition) is 1. The fraction of sp³-hybridized carbons (Fsp3) is 0.312. The highest BCUT2D eigenvalue weighted by molar-refractivity contribution is 6.32. The van der Waals surface area contributed by atoms with Crippen LogP contribution in [0.15, 0.2) is 24.3 Å². The molecule has 1 aromatic heterocycles. The highest BCUT2D eigenvalue weighted by Gasteiger charge is 2.24. The number of rotatable bonds is 5. The number of aryl methyl sites for hydroxylation is 1. The molecule has 0 bridgehead atoms. The summed E-state index contributed by atoms with van der Waals surface area (Å²) in [6.45, 7) is 5.42. The fourth-order valence-corrected chi connectivity index (χ4v) is 2.33. The van der Waals surface area contributed by atoms with E-state index >= 15 is 0 Å². The van der Waals surface area contributed by atoms with Gasteiger partial charge in [-0.25, -0.2) is 14.8 Å². The molecule has 0 fully saturated rings. The Balaban J connectivity index is 2.41. The quantitative estimate of drug-likeness (QED) is 0.843. The molecule has 0 amide bonds. The summed E-state index contributed by atoms with van der Waals surface area (Å²) in [4.78, 5) is 20.4. The molecule has 122 valence electrons. The summed E-state index contributed by atoms with van der Waals surface area (Å²) in [5, 5.41) is 0.468. The zero-order valence-corrected chi connectivity index (χ0v) is 13.9. The minimum atomic E-state index is -0.557. The van der Waals surface area contributed by atoms with E-state index in [1.165, 1.54) is 0 Å². The molecule has 2 aromatic rings. The van der Waals surface area contributed by atoms with Crippen LogP contribution in [0.3, 0.4) is 0 Å². The van der Waals surface area contributed by atoms with Crippen molar-refractivity contribution in [3.8, 4) is 5.75 Å². The first-order valence-corrected chi connectivity index (χ1v) is 7.54. The van der Waals surface area contributed by atoms with Gasteiger partial charge in [-0.2, -0.15) is 0 Å². The summed E-state index contributed by atoms with van der Waals surface area (Å²) in [5.41, 5.74) is 6.79. The first-order chi connectivity index (χ1) is 10.9. The summed E-state index contributed by atoms with van der Waals surface area (Å²) in [7, 11) is 0. The molecule has 0 aliphatic heterocycles. The van der Waals surface area contributed by atoms with Crippen molar-refractivity contribution in [2.75, 3.05) is 12.3 Å². The number of nitrogen functional groups attached to an aromatic ring is 1. The molecule has 1 unspecified atom stereocenters. The number of aromatic nitrogens is 2. The zero-order valence-electron chi connectivity index (χ0n) is 13.2. The summed E-state index contributed by atoms with van der Waals surface area (Å²) in [6, 6.07) is 7.06. The van der Waals surface area contributed by atoms with Crippen LogP contribution in [0.25, 0.3) is 0 Å². The van der Waals surface area contributed by atoms with E-state index in [0.29, 0.717) is 22.2 Å². The minimum absolute atomic E-state index is 0.0696. The second kappa shape index (κ2) is 7.28. The number of para-hydroxylation sites is 1. The van der Waals surface area contributed by atoms with Crippen LogP contribution in [0.1, 0.15) is 41.7 Å². The number of halogens is 1. The maximum atomic E-state index is 12.2. The molecule has 7 heteroatoms.